The van der Waals surface area contributed by atoms with Gasteiger partial charge in [-0.15, -0.1) is 0 Å². The van der Waals surface area contributed by atoms with Gasteiger partial charge in [0.05, 0.1) is 16.5 Å². The van der Waals surface area contributed by atoms with Crippen LogP contribution in [0.3, 0.4) is 0 Å². The molecule has 1 aliphatic rings. The van der Waals surface area contributed by atoms with E-state index in [0.717, 1.165) is 13.0 Å². The second kappa shape index (κ2) is 5.70. The lowest BCUT2D eigenvalue weighted by atomic mass is 10.2. The van der Waals surface area contributed by atoms with Crippen LogP contribution in [0.1, 0.15) is 17.5 Å². The summed E-state index contributed by atoms with van der Waals surface area (Å²) in [5.74, 6) is 0. The van der Waals surface area contributed by atoms with E-state index in [1.807, 2.05) is 6.07 Å². The van der Waals surface area contributed by atoms with Crippen LogP contribution in [0.4, 0.5) is 0 Å². The van der Waals surface area contributed by atoms with Gasteiger partial charge < -0.3 is 5.32 Å². The summed E-state index contributed by atoms with van der Waals surface area (Å²) in [5, 5.41) is 12.1. The zero-order chi connectivity index (χ0) is 13.9. The number of hydrogen-bond donors (Lipinski definition) is 1. The van der Waals surface area contributed by atoms with Gasteiger partial charge in [-0.05, 0) is 37.6 Å². The summed E-state index contributed by atoms with van der Waals surface area (Å²) in [6, 6.07) is 6.77. The van der Waals surface area contributed by atoms with Gasteiger partial charge in [-0.2, -0.15) is 9.57 Å². The number of benzene rings is 1. The van der Waals surface area contributed by atoms with Gasteiger partial charge in [-0.3, -0.25) is 0 Å². The number of sulfonamides is 1. The molecule has 0 radical (unpaired) electrons. The molecular weight excluding hydrogens is 262 g/mol. The molecule has 0 bridgehead atoms. The van der Waals surface area contributed by atoms with Crippen LogP contribution in [0.15, 0.2) is 23.1 Å². The Morgan fingerprint density at radius 2 is 2.11 bits per heavy atom. The summed E-state index contributed by atoms with van der Waals surface area (Å²) in [6.07, 6.45) is 0.802. The molecule has 1 aromatic rings. The molecule has 1 aliphatic heterocycles. The minimum atomic E-state index is -3.51. The van der Waals surface area contributed by atoms with Crippen molar-refractivity contribution in [3.63, 3.8) is 0 Å². The molecule has 1 saturated heterocycles. The highest BCUT2D eigenvalue weighted by Crippen LogP contribution is 2.21. The maximum Gasteiger partial charge on any atom is 0.243 e. The van der Waals surface area contributed by atoms with Gasteiger partial charge in [0.1, 0.15) is 0 Å². The van der Waals surface area contributed by atoms with Gasteiger partial charge in [0, 0.05) is 19.6 Å². The van der Waals surface area contributed by atoms with Crippen molar-refractivity contribution in [1.29, 1.82) is 5.26 Å². The Kier molecular flexibility index (Phi) is 4.20. The fourth-order valence-corrected chi connectivity index (χ4v) is 3.88. The highest BCUT2D eigenvalue weighted by molar-refractivity contribution is 7.89. The number of hydrogen-bond acceptors (Lipinski definition) is 4. The average Bonchev–Trinajstić information content (AvgIpc) is 2.68. The maximum absolute atomic E-state index is 12.6. The number of nitrogens with zero attached hydrogens (tertiary/aromatic N) is 2. The number of rotatable bonds is 2. The fourth-order valence-electron chi connectivity index (χ4n) is 2.15. The monoisotopic (exact) mass is 279 g/mol. The standard InChI is InChI=1S/C13H17N3O2S/c1-11-3-4-12(10-14)9-13(11)19(17,18)16-7-2-5-15-6-8-16/h3-4,9,15H,2,5-8H2,1H3. The van der Waals surface area contributed by atoms with Crippen LogP contribution in [-0.4, -0.2) is 38.9 Å². The summed E-state index contributed by atoms with van der Waals surface area (Å²) in [6.45, 7) is 4.24. The van der Waals surface area contributed by atoms with Crippen LogP contribution >= 0.6 is 0 Å². The molecule has 102 valence electrons. The SMILES string of the molecule is Cc1ccc(C#N)cc1S(=O)(=O)N1CCCNCC1. The first-order valence-electron chi connectivity index (χ1n) is 6.27. The Hall–Kier alpha value is -1.42. The molecule has 1 fully saturated rings. The number of nitrogens with one attached hydrogen (secondary N) is 1. The highest BCUT2D eigenvalue weighted by atomic mass is 32.2. The molecule has 6 heteroatoms. The third kappa shape index (κ3) is 2.95. The summed E-state index contributed by atoms with van der Waals surface area (Å²) < 4.78 is 26.7. The van der Waals surface area contributed by atoms with Crippen LogP contribution in [-0.2, 0) is 10.0 Å². The molecule has 0 unspecified atom stereocenters. The third-order valence-corrected chi connectivity index (χ3v) is 5.27. The van der Waals surface area contributed by atoms with Gasteiger partial charge in [0.25, 0.3) is 0 Å². The topological polar surface area (TPSA) is 73.2 Å². The van der Waals surface area contributed by atoms with Gasteiger partial charge in [0.2, 0.25) is 10.0 Å². The normalized spacial score (nSPS) is 17.7. The summed E-state index contributed by atoms with van der Waals surface area (Å²) >= 11 is 0. The van der Waals surface area contributed by atoms with E-state index in [9.17, 15) is 8.42 Å². The molecule has 0 spiro atoms. The maximum atomic E-state index is 12.6. The Morgan fingerprint density at radius 3 is 2.84 bits per heavy atom. The van der Waals surface area contributed by atoms with E-state index in [1.54, 1.807) is 19.1 Å². The molecular formula is C13H17N3O2S. The van der Waals surface area contributed by atoms with Crippen molar-refractivity contribution in [3.8, 4) is 6.07 Å². The molecule has 0 amide bonds. The zero-order valence-electron chi connectivity index (χ0n) is 10.9. The van der Waals surface area contributed by atoms with Crippen molar-refractivity contribution in [1.82, 2.24) is 9.62 Å². The van der Waals surface area contributed by atoms with Crippen molar-refractivity contribution < 1.29 is 8.42 Å². The van der Waals surface area contributed by atoms with E-state index >= 15 is 0 Å². The largest absolute Gasteiger partial charge is 0.315 e. The first kappa shape index (κ1) is 14.0. The van der Waals surface area contributed by atoms with E-state index in [2.05, 4.69) is 5.32 Å². The van der Waals surface area contributed by atoms with Crippen LogP contribution in [0, 0.1) is 18.3 Å². The smallest absolute Gasteiger partial charge is 0.243 e. The summed E-state index contributed by atoms with van der Waals surface area (Å²) in [5.41, 5.74) is 1.05. The van der Waals surface area contributed by atoms with Crippen molar-refractivity contribution >= 4 is 10.0 Å². The Labute approximate surface area is 113 Å². The minimum Gasteiger partial charge on any atom is -0.315 e. The fraction of sp³-hybridized carbons (Fsp3) is 0.462. The second-order valence-electron chi connectivity index (χ2n) is 4.60. The van der Waals surface area contributed by atoms with Crippen LogP contribution in [0.2, 0.25) is 0 Å². The van der Waals surface area contributed by atoms with E-state index in [4.69, 9.17) is 5.26 Å². The lowest BCUT2D eigenvalue weighted by Crippen LogP contribution is -2.34. The predicted molar refractivity (Wildman–Crippen MR) is 72.1 cm³/mol. The van der Waals surface area contributed by atoms with E-state index in [0.29, 0.717) is 30.8 Å². The van der Waals surface area contributed by atoms with Crippen LogP contribution in [0.5, 0.6) is 0 Å². The van der Waals surface area contributed by atoms with Crippen molar-refractivity contribution in [2.24, 2.45) is 0 Å². The van der Waals surface area contributed by atoms with Gasteiger partial charge in [0.15, 0.2) is 0 Å². The third-order valence-electron chi connectivity index (χ3n) is 3.23. The molecule has 19 heavy (non-hydrogen) atoms. The van der Waals surface area contributed by atoms with Gasteiger partial charge in [-0.25, -0.2) is 8.42 Å². The number of aryl methyl sites for hydroxylation is 1. The summed E-state index contributed by atoms with van der Waals surface area (Å²) in [7, 11) is -3.51. The average molecular weight is 279 g/mol. The molecule has 0 aliphatic carbocycles. The summed E-state index contributed by atoms with van der Waals surface area (Å²) in [4.78, 5) is 0.244. The Balaban J connectivity index is 2.41. The van der Waals surface area contributed by atoms with E-state index < -0.39 is 10.0 Å². The first-order chi connectivity index (χ1) is 9.05. The van der Waals surface area contributed by atoms with Crippen molar-refractivity contribution in [2.75, 3.05) is 26.2 Å². The van der Waals surface area contributed by atoms with E-state index in [-0.39, 0.29) is 4.90 Å². The zero-order valence-corrected chi connectivity index (χ0v) is 11.7. The van der Waals surface area contributed by atoms with Crippen molar-refractivity contribution in [3.05, 3.63) is 29.3 Å². The molecule has 5 nitrogen and oxygen atoms in total. The minimum absolute atomic E-state index is 0.244. The van der Waals surface area contributed by atoms with E-state index in [1.165, 1.54) is 10.4 Å². The highest BCUT2D eigenvalue weighted by Gasteiger charge is 2.26. The molecule has 0 aromatic heterocycles. The van der Waals surface area contributed by atoms with Gasteiger partial charge in [-0.1, -0.05) is 6.07 Å². The lowest BCUT2D eigenvalue weighted by molar-refractivity contribution is 0.431. The Bertz CT molecular complexity index is 597. The first-order valence-corrected chi connectivity index (χ1v) is 7.71. The van der Waals surface area contributed by atoms with Crippen molar-refractivity contribution in [2.45, 2.75) is 18.2 Å². The second-order valence-corrected chi connectivity index (χ2v) is 6.51. The molecule has 0 saturated carbocycles. The van der Waals surface area contributed by atoms with Gasteiger partial charge >= 0.3 is 0 Å². The molecule has 0 atom stereocenters. The molecule has 2 rings (SSSR count). The predicted octanol–water partition coefficient (Wildman–Crippen LogP) is 0.851. The molecule has 1 N–H and O–H groups in total. The lowest BCUT2D eigenvalue weighted by Gasteiger charge is -2.20. The number of nitriles is 1. The molecule has 1 heterocycles. The quantitative estimate of drug-likeness (QED) is 0.871. The van der Waals surface area contributed by atoms with Crippen LogP contribution < -0.4 is 5.32 Å². The molecule has 1 aromatic carbocycles. The Morgan fingerprint density at radius 1 is 1.32 bits per heavy atom. The van der Waals surface area contributed by atoms with Crippen LogP contribution in [0.25, 0.3) is 0 Å².